The lowest BCUT2D eigenvalue weighted by molar-refractivity contribution is 0.0777. The lowest BCUT2D eigenvalue weighted by Crippen LogP contribution is -2.27. The number of hydrogen-bond acceptors (Lipinski definition) is 3. The molecule has 21 heavy (non-hydrogen) atoms. The first-order valence-electron chi connectivity index (χ1n) is 6.67. The molecular formula is C16H19N3OS. The second-order valence-corrected chi connectivity index (χ2v) is 5.88. The molecule has 0 radical (unpaired) electrons. The van der Waals surface area contributed by atoms with Gasteiger partial charge in [-0.2, -0.15) is 0 Å². The topological polar surface area (TPSA) is 51.3 Å². The van der Waals surface area contributed by atoms with Crippen molar-refractivity contribution in [1.82, 2.24) is 9.47 Å². The molecule has 2 aromatic rings. The molecule has 0 spiro atoms. The zero-order valence-corrected chi connectivity index (χ0v) is 13.3. The second-order valence-electron chi connectivity index (χ2n) is 4.89. The molecule has 4 nitrogen and oxygen atoms in total. The van der Waals surface area contributed by atoms with E-state index in [0.29, 0.717) is 18.8 Å². The largest absolute Gasteiger partial charge is 0.344 e. The number of rotatable bonds is 3. The van der Waals surface area contributed by atoms with Gasteiger partial charge in [-0.25, -0.2) is 0 Å². The predicted octanol–water partition coefficient (Wildman–Crippen LogP) is 1.98. The second kappa shape index (κ2) is 6.61. The van der Waals surface area contributed by atoms with Crippen molar-refractivity contribution < 1.29 is 4.79 Å². The van der Waals surface area contributed by atoms with E-state index in [1.807, 2.05) is 49.2 Å². The SMILES string of the molecule is Cc1ccc(C(=O)N(C)Cc2cc(C#CCN)cs2)n1C. The number of aryl methyl sites for hydroxylation is 1. The van der Waals surface area contributed by atoms with E-state index in [-0.39, 0.29) is 5.91 Å². The minimum Gasteiger partial charge on any atom is -0.344 e. The molecule has 0 bridgehead atoms. The Morgan fingerprint density at radius 2 is 2.24 bits per heavy atom. The molecule has 2 aromatic heterocycles. The van der Waals surface area contributed by atoms with Crippen LogP contribution in [0.1, 0.15) is 26.6 Å². The van der Waals surface area contributed by atoms with Gasteiger partial charge in [-0.1, -0.05) is 11.8 Å². The molecule has 0 aromatic carbocycles. The number of carbonyl (C=O) groups is 1. The number of carbonyl (C=O) groups excluding carboxylic acids is 1. The van der Waals surface area contributed by atoms with Crippen molar-refractivity contribution >= 4 is 17.2 Å². The quantitative estimate of drug-likeness (QED) is 0.881. The van der Waals surface area contributed by atoms with Crippen LogP contribution in [0.2, 0.25) is 0 Å². The molecule has 0 atom stereocenters. The van der Waals surface area contributed by atoms with E-state index in [9.17, 15) is 4.79 Å². The van der Waals surface area contributed by atoms with Crippen LogP contribution >= 0.6 is 11.3 Å². The van der Waals surface area contributed by atoms with E-state index < -0.39 is 0 Å². The highest BCUT2D eigenvalue weighted by Crippen LogP contribution is 2.17. The zero-order valence-electron chi connectivity index (χ0n) is 12.5. The summed E-state index contributed by atoms with van der Waals surface area (Å²) in [6.45, 7) is 2.92. The van der Waals surface area contributed by atoms with Gasteiger partial charge in [-0.15, -0.1) is 11.3 Å². The van der Waals surface area contributed by atoms with Crippen LogP contribution in [0.25, 0.3) is 0 Å². The first-order chi connectivity index (χ1) is 10.0. The van der Waals surface area contributed by atoms with E-state index in [4.69, 9.17) is 5.73 Å². The molecule has 2 N–H and O–H groups in total. The van der Waals surface area contributed by atoms with Gasteiger partial charge < -0.3 is 15.2 Å². The Morgan fingerprint density at radius 1 is 1.48 bits per heavy atom. The van der Waals surface area contributed by atoms with E-state index in [1.165, 1.54) is 0 Å². The molecule has 5 heteroatoms. The average Bonchev–Trinajstić information content (AvgIpc) is 3.04. The average molecular weight is 301 g/mol. The van der Waals surface area contributed by atoms with E-state index in [0.717, 1.165) is 16.1 Å². The molecule has 0 aliphatic carbocycles. The highest BCUT2D eigenvalue weighted by Gasteiger charge is 2.16. The fraction of sp³-hybridized carbons (Fsp3) is 0.312. The molecule has 2 rings (SSSR count). The van der Waals surface area contributed by atoms with E-state index >= 15 is 0 Å². The maximum Gasteiger partial charge on any atom is 0.270 e. The lowest BCUT2D eigenvalue weighted by atomic mass is 10.3. The zero-order chi connectivity index (χ0) is 15.4. The summed E-state index contributed by atoms with van der Waals surface area (Å²) < 4.78 is 1.91. The van der Waals surface area contributed by atoms with Gasteiger partial charge >= 0.3 is 0 Å². The number of nitrogens with zero attached hydrogens (tertiary/aromatic N) is 2. The third kappa shape index (κ3) is 3.54. The van der Waals surface area contributed by atoms with E-state index in [2.05, 4.69) is 11.8 Å². The van der Waals surface area contributed by atoms with Crippen molar-refractivity contribution in [1.29, 1.82) is 0 Å². The summed E-state index contributed by atoms with van der Waals surface area (Å²) in [5.74, 6) is 5.85. The fourth-order valence-electron chi connectivity index (χ4n) is 2.01. The van der Waals surface area contributed by atoms with Gasteiger partial charge in [0.25, 0.3) is 5.91 Å². The summed E-state index contributed by atoms with van der Waals surface area (Å²) in [6.07, 6.45) is 0. The van der Waals surface area contributed by atoms with Gasteiger partial charge in [-0.05, 0) is 25.1 Å². The van der Waals surface area contributed by atoms with Gasteiger partial charge in [0.1, 0.15) is 5.69 Å². The summed E-state index contributed by atoms with van der Waals surface area (Å²) in [7, 11) is 3.72. The molecular weight excluding hydrogens is 282 g/mol. The van der Waals surface area contributed by atoms with Gasteiger partial charge in [0.15, 0.2) is 0 Å². The summed E-state index contributed by atoms with van der Waals surface area (Å²) >= 11 is 1.61. The monoisotopic (exact) mass is 301 g/mol. The maximum absolute atomic E-state index is 12.4. The number of amides is 1. The number of hydrogen-bond donors (Lipinski definition) is 1. The number of nitrogens with two attached hydrogens (primary N) is 1. The minimum atomic E-state index is 0.0218. The predicted molar refractivity (Wildman–Crippen MR) is 86.2 cm³/mol. The van der Waals surface area contributed by atoms with Crippen LogP contribution < -0.4 is 5.73 Å². The molecule has 1 amide bonds. The van der Waals surface area contributed by atoms with Crippen LogP contribution in [0.15, 0.2) is 23.6 Å². The van der Waals surface area contributed by atoms with Crippen molar-refractivity contribution in [2.75, 3.05) is 13.6 Å². The van der Waals surface area contributed by atoms with Crippen LogP contribution in [0.5, 0.6) is 0 Å². The number of thiophene rings is 1. The van der Waals surface area contributed by atoms with E-state index in [1.54, 1.807) is 16.2 Å². The van der Waals surface area contributed by atoms with Crippen molar-refractivity contribution in [3.63, 3.8) is 0 Å². The lowest BCUT2D eigenvalue weighted by Gasteiger charge is -2.16. The molecule has 0 fully saturated rings. The third-order valence-corrected chi connectivity index (χ3v) is 4.24. The van der Waals surface area contributed by atoms with Crippen molar-refractivity contribution in [2.24, 2.45) is 12.8 Å². The molecule has 2 heterocycles. The molecule has 110 valence electrons. The van der Waals surface area contributed by atoms with Crippen molar-refractivity contribution in [2.45, 2.75) is 13.5 Å². The Bertz CT molecular complexity index is 703. The number of aromatic nitrogens is 1. The molecule has 0 aliphatic rings. The van der Waals surface area contributed by atoms with Crippen LogP contribution in [0.4, 0.5) is 0 Å². The smallest absolute Gasteiger partial charge is 0.270 e. The molecule has 0 saturated heterocycles. The van der Waals surface area contributed by atoms with Gasteiger partial charge in [0.2, 0.25) is 0 Å². The Kier molecular flexibility index (Phi) is 4.84. The van der Waals surface area contributed by atoms with Crippen molar-refractivity contribution in [3.8, 4) is 11.8 Å². The van der Waals surface area contributed by atoms with Crippen LogP contribution in [-0.2, 0) is 13.6 Å². The summed E-state index contributed by atoms with van der Waals surface area (Å²) in [5, 5.41) is 1.99. The summed E-state index contributed by atoms with van der Waals surface area (Å²) in [6, 6.07) is 5.82. The molecule has 0 aliphatic heterocycles. The highest BCUT2D eigenvalue weighted by molar-refractivity contribution is 7.10. The van der Waals surface area contributed by atoms with Gasteiger partial charge in [0, 0.05) is 35.6 Å². The first-order valence-corrected chi connectivity index (χ1v) is 7.55. The van der Waals surface area contributed by atoms with Gasteiger partial charge in [0.05, 0.1) is 13.1 Å². The normalized spacial score (nSPS) is 10.1. The first kappa shape index (κ1) is 15.4. The Balaban J connectivity index is 2.07. The van der Waals surface area contributed by atoms with Crippen LogP contribution in [-0.4, -0.2) is 29.0 Å². The Morgan fingerprint density at radius 3 is 2.86 bits per heavy atom. The highest BCUT2D eigenvalue weighted by atomic mass is 32.1. The molecule has 0 saturated carbocycles. The van der Waals surface area contributed by atoms with Crippen molar-refractivity contribution in [3.05, 3.63) is 45.4 Å². The Labute approximate surface area is 129 Å². The van der Waals surface area contributed by atoms with Gasteiger partial charge in [-0.3, -0.25) is 4.79 Å². The Hall–Kier alpha value is -2.03. The standard InChI is InChI=1S/C16H19N3OS/c1-12-6-7-15(19(12)3)16(20)18(2)10-14-9-13(11-21-14)5-4-8-17/h6-7,9,11H,8,10,17H2,1-3H3. The third-order valence-electron chi connectivity index (χ3n) is 3.32. The molecule has 0 unspecified atom stereocenters. The van der Waals surface area contributed by atoms with Crippen LogP contribution in [0, 0.1) is 18.8 Å². The summed E-state index contributed by atoms with van der Waals surface area (Å²) in [5.41, 5.74) is 8.09. The van der Waals surface area contributed by atoms with Crippen LogP contribution in [0.3, 0.4) is 0 Å². The maximum atomic E-state index is 12.4. The minimum absolute atomic E-state index is 0.0218. The summed E-state index contributed by atoms with van der Waals surface area (Å²) in [4.78, 5) is 15.3. The fourth-order valence-corrected chi connectivity index (χ4v) is 2.88.